The molecule has 7 nitrogen and oxygen atoms in total. The average Bonchev–Trinajstić information content (AvgIpc) is 2.91. The zero-order valence-electron chi connectivity index (χ0n) is 25.5. The number of esters is 1. The molecule has 0 radical (unpaired) electrons. The number of hydrogen-bond acceptors (Lipinski definition) is 6. The lowest BCUT2D eigenvalue weighted by atomic mass is 9.76. The van der Waals surface area contributed by atoms with Gasteiger partial charge in [-0.3, -0.25) is 0 Å². The predicted molar refractivity (Wildman–Crippen MR) is 160 cm³/mol. The Morgan fingerprint density at radius 1 is 0.900 bits per heavy atom. The van der Waals surface area contributed by atoms with Crippen LogP contribution in [0, 0.1) is 6.92 Å². The number of carboxylic acids is 1. The molecule has 0 saturated heterocycles. The molecule has 2 aromatic carbocycles. The van der Waals surface area contributed by atoms with Gasteiger partial charge in [0.05, 0.1) is 31.5 Å². The van der Waals surface area contributed by atoms with E-state index < -0.39 is 11.9 Å². The van der Waals surface area contributed by atoms with E-state index in [-0.39, 0.29) is 23.3 Å². The third-order valence-corrected chi connectivity index (χ3v) is 7.57. The number of aliphatic carboxylic acids is 1. The maximum Gasteiger partial charge on any atom is 0.338 e. The lowest BCUT2D eigenvalue weighted by Gasteiger charge is -2.30. The summed E-state index contributed by atoms with van der Waals surface area (Å²) in [6, 6.07) is 11.7. The summed E-state index contributed by atoms with van der Waals surface area (Å²) in [5.41, 5.74) is 4.44. The first kappa shape index (κ1) is 32.7. The van der Waals surface area contributed by atoms with Crippen LogP contribution in [0.25, 0.3) is 0 Å². The van der Waals surface area contributed by atoms with Gasteiger partial charge in [0.15, 0.2) is 5.88 Å². The lowest BCUT2D eigenvalue weighted by Crippen LogP contribution is -2.21. The highest BCUT2D eigenvalue weighted by molar-refractivity contribution is 5.91. The van der Waals surface area contributed by atoms with E-state index in [2.05, 4.69) is 65.1 Å². The molecule has 0 unspecified atom stereocenters. The van der Waals surface area contributed by atoms with Crippen molar-refractivity contribution >= 4 is 17.6 Å². The molecule has 0 saturated carbocycles. The molecule has 0 amide bonds. The molecule has 2 aromatic rings. The van der Waals surface area contributed by atoms with Gasteiger partial charge in [0.1, 0.15) is 5.75 Å². The van der Waals surface area contributed by atoms with Crippen LogP contribution in [0.1, 0.15) is 101 Å². The molecular formula is C33H47NO6. The van der Waals surface area contributed by atoms with Crippen molar-refractivity contribution in [2.45, 2.75) is 91.9 Å². The van der Waals surface area contributed by atoms with Crippen LogP contribution in [0.3, 0.4) is 0 Å². The third-order valence-electron chi connectivity index (χ3n) is 7.57. The normalized spacial score (nSPS) is 12.2. The van der Waals surface area contributed by atoms with Gasteiger partial charge in [-0.25, -0.2) is 9.59 Å². The monoisotopic (exact) mass is 553 g/mol. The van der Waals surface area contributed by atoms with Crippen molar-refractivity contribution < 1.29 is 28.9 Å². The molecular weight excluding hydrogens is 506 g/mol. The van der Waals surface area contributed by atoms with E-state index in [0.29, 0.717) is 30.9 Å². The summed E-state index contributed by atoms with van der Waals surface area (Å²) in [4.78, 5) is 23.7. The topological polar surface area (TPSA) is 94.1 Å². The predicted octanol–water partition coefficient (Wildman–Crippen LogP) is 7.76. The van der Waals surface area contributed by atoms with Gasteiger partial charge in [-0.05, 0) is 79.7 Å². The van der Waals surface area contributed by atoms with Gasteiger partial charge in [-0.2, -0.15) is 0 Å². The molecule has 2 rings (SSSR count). The Hall–Kier alpha value is -3.48. The van der Waals surface area contributed by atoms with Crippen molar-refractivity contribution in [2.75, 3.05) is 25.1 Å². The molecule has 0 heterocycles. The Morgan fingerprint density at radius 3 is 2.20 bits per heavy atom. The molecule has 2 N–H and O–H groups in total. The Kier molecular flexibility index (Phi) is 12.1. The van der Waals surface area contributed by atoms with Crippen LogP contribution in [-0.2, 0) is 25.1 Å². The van der Waals surface area contributed by atoms with Crippen molar-refractivity contribution in [3.8, 4) is 5.75 Å². The molecule has 0 spiro atoms. The van der Waals surface area contributed by atoms with Gasteiger partial charge in [0, 0.05) is 11.3 Å². The van der Waals surface area contributed by atoms with E-state index in [9.17, 15) is 9.59 Å². The fourth-order valence-corrected chi connectivity index (χ4v) is 4.03. The molecule has 0 aliphatic heterocycles. The van der Waals surface area contributed by atoms with Gasteiger partial charge in [-0.15, -0.1) is 0 Å². The maximum atomic E-state index is 12.7. The lowest BCUT2D eigenvalue weighted by molar-refractivity contribution is -0.131. The Balaban J connectivity index is 1.95. The minimum absolute atomic E-state index is 0.000706. The second-order valence-electron chi connectivity index (χ2n) is 11.3. The summed E-state index contributed by atoms with van der Waals surface area (Å²) >= 11 is 0. The quantitative estimate of drug-likeness (QED) is 0.0949. The largest absolute Gasteiger partial charge is 0.493 e. The second-order valence-corrected chi connectivity index (χ2v) is 11.3. The number of nitrogens with one attached hydrogen (secondary N) is 1. The van der Waals surface area contributed by atoms with Gasteiger partial charge in [0.2, 0.25) is 0 Å². The van der Waals surface area contributed by atoms with E-state index in [1.165, 1.54) is 11.1 Å². The van der Waals surface area contributed by atoms with Crippen molar-refractivity contribution in [1.29, 1.82) is 0 Å². The third kappa shape index (κ3) is 9.32. The highest BCUT2D eigenvalue weighted by Gasteiger charge is 2.26. The first-order valence-electron chi connectivity index (χ1n) is 14.2. The smallest absolute Gasteiger partial charge is 0.338 e. The zero-order valence-corrected chi connectivity index (χ0v) is 25.5. The maximum absolute atomic E-state index is 12.7. The fraction of sp³-hybridized carbons (Fsp3) is 0.515. The van der Waals surface area contributed by atoms with Crippen LogP contribution in [0.2, 0.25) is 0 Å². The molecule has 0 fully saturated rings. The summed E-state index contributed by atoms with van der Waals surface area (Å²) < 4.78 is 17.1. The summed E-state index contributed by atoms with van der Waals surface area (Å²) in [5.74, 6) is -0.554. The van der Waals surface area contributed by atoms with E-state index in [4.69, 9.17) is 19.3 Å². The molecule has 220 valence electrons. The summed E-state index contributed by atoms with van der Waals surface area (Å²) in [7, 11) is 0. The van der Waals surface area contributed by atoms with Crippen molar-refractivity contribution in [2.24, 2.45) is 0 Å². The Bertz CT molecular complexity index is 1180. The van der Waals surface area contributed by atoms with Gasteiger partial charge in [0.25, 0.3) is 0 Å². The van der Waals surface area contributed by atoms with Crippen molar-refractivity contribution in [3.63, 3.8) is 0 Å². The van der Waals surface area contributed by atoms with Crippen LogP contribution < -0.4 is 10.1 Å². The summed E-state index contributed by atoms with van der Waals surface area (Å²) in [5, 5.41) is 12.0. The first-order valence-corrected chi connectivity index (χ1v) is 14.2. The number of carbonyl (C=O) groups is 2. The van der Waals surface area contributed by atoms with Gasteiger partial charge >= 0.3 is 11.9 Å². The summed E-state index contributed by atoms with van der Waals surface area (Å²) in [6.07, 6.45) is 4.44. The number of carbonyl (C=O) groups excluding carboxylic acids is 1. The van der Waals surface area contributed by atoms with E-state index in [1.807, 2.05) is 6.92 Å². The Labute approximate surface area is 239 Å². The molecule has 40 heavy (non-hydrogen) atoms. The van der Waals surface area contributed by atoms with Crippen molar-refractivity contribution in [3.05, 3.63) is 70.6 Å². The van der Waals surface area contributed by atoms with E-state index in [1.54, 1.807) is 25.1 Å². The molecule has 0 atom stereocenters. The zero-order chi connectivity index (χ0) is 29.9. The van der Waals surface area contributed by atoms with E-state index >= 15 is 0 Å². The first-order chi connectivity index (χ1) is 18.8. The average molecular weight is 554 g/mol. The highest BCUT2D eigenvalue weighted by Crippen LogP contribution is 2.38. The van der Waals surface area contributed by atoms with Gasteiger partial charge in [-0.1, -0.05) is 59.7 Å². The number of anilines is 1. The standard InChI is InChI=1S/C33H47NO6/c1-9-32(5,6)25-16-17-28(26(21-25)33(7,8)10-2)39-18-12-13-19-40-31(37)24-15-14-23(4)27(20-24)34-29(38-11-3)22-30(35)36/h14-17,20-22,34H,9-13,18-19H2,1-8H3,(H,35,36)/b29-22-. The number of hydrogen-bond donors (Lipinski definition) is 2. The van der Waals surface area contributed by atoms with Crippen LogP contribution in [0.4, 0.5) is 5.69 Å². The van der Waals surface area contributed by atoms with Crippen LogP contribution >= 0.6 is 0 Å². The highest BCUT2D eigenvalue weighted by atomic mass is 16.5. The van der Waals surface area contributed by atoms with Crippen LogP contribution in [-0.4, -0.2) is 36.9 Å². The number of rotatable bonds is 16. The number of ether oxygens (including phenoxy) is 3. The Morgan fingerprint density at radius 2 is 1.57 bits per heavy atom. The minimum Gasteiger partial charge on any atom is -0.493 e. The van der Waals surface area contributed by atoms with Crippen LogP contribution in [0.5, 0.6) is 5.75 Å². The molecule has 0 aromatic heterocycles. The molecule has 0 bridgehead atoms. The molecule has 0 aliphatic rings. The van der Waals surface area contributed by atoms with Gasteiger partial charge < -0.3 is 24.6 Å². The van der Waals surface area contributed by atoms with E-state index in [0.717, 1.165) is 36.7 Å². The second kappa shape index (κ2) is 14.8. The molecule has 0 aliphatic carbocycles. The van der Waals surface area contributed by atoms with Crippen LogP contribution in [0.15, 0.2) is 48.4 Å². The number of unbranched alkanes of at least 4 members (excludes halogenated alkanes) is 1. The molecule has 7 heteroatoms. The SMILES string of the molecule is CCO/C(=C\C(=O)O)Nc1cc(C(=O)OCCCCOc2ccc(C(C)(C)CC)cc2C(C)(C)CC)ccc1C. The fourth-order valence-electron chi connectivity index (χ4n) is 4.03. The number of aryl methyl sites for hydroxylation is 1. The summed E-state index contributed by atoms with van der Waals surface area (Å²) in [6.45, 7) is 18.2. The van der Waals surface area contributed by atoms with Crippen molar-refractivity contribution in [1.82, 2.24) is 0 Å². The number of carboxylic acid groups (broad SMARTS) is 1. The minimum atomic E-state index is -1.13. The number of benzene rings is 2.